The lowest BCUT2D eigenvalue weighted by atomic mass is 10.1. The molecule has 2 rings (SSSR count). The van der Waals surface area contributed by atoms with Crippen LogP contribution >= 0.6 is 0 Å². The number of carbonyl (C=O) groups excluding carboxylic acids is 2. The third-order valence-electron chi connectivity index (χ3n) is 4.00. The van der Waals surface area contributed by atoms with Crippen LogP contribution < -0.4 is 14.8 Å². The molecule has 0 atom stereocenters. The average molecular weight is 362 g/mol. The Bertz CT molecular complexity index is 612. The van der Waals surface area contributed by atoms with Gasteiger partial charge in [-0.25, -0.2) is 4.79 Å². The van der Waals surface area contributed by atoms with E-state index in [1.807, 2.05) is 25.1 Å². The highest BCUT2D eigenvalue weighted by Gasteiger charge is 2.24. The number of amides is 2. The van der Waals surface area contributed by atoms with Gasteiger partial charge in [0, 0.05) is 19.1 Å². The second kappa shape index (κ2) is 10.3. The zero-order valence-corrected chi connectivity index (χ0v) is 15.1. The molecule has 1 aliphatic heterocycles. The number of likely N-dealkylation sites (tertiary alicyclic amines) is 1. The van der Waals surface area contributed by atoms with Crippen molar-refractivity contribution in [2.75, 3.05) is 32.9 Å². The molecular formula is C19H26N2O5. The Morgan fingerprint density at radius 1 is 1.23 bits per heavy atom. The molecule has 26 heavy (non-hydrogen) atoms. The van der Waals surface area contributed by atoms with E-state index in [2.05, 4.69) is 11.9 Å². The first-order valence-corrected chi connectivity index (χ1v) is 8.80. The Morgan fingerprint density at radius 3 is 2.50 bits per heavy atom. The second-order valence-corrected chi connectivity index (χ2v) is 5.85. The third kappa shape index (κ3) is 5.98. The Morgan fingerprint density at radius 2 is 1.88 bits per heavy atom. The predicted octanol–water partition coefficient (Wildman–Crippen LogP) is 2.37. The van der Waals surface area contributed by atoms with E-state index in [0.29, 0.717) is 44.0 Å². The van der Waals surface area contributed by atoms with Crippen LogP contribution in [0.3, 0.4) is 0 Å². The van der Waals surface area contributed by atoms with E-state index < -0.39 is 6.09 Å². The number of nitrogens with one attached hydrogen (secondary N) is 1. The zero-order valence-electron chi connectivity index (χ0n) is 15.1. The van der Waals surface area contributed by atoms with Gasteiger partial charge >= 0.3 is 6.09 Å². The molecule has 1 aliphatic rings. The van der Waals surface area contributed by atoms with E-state index in [1.165, 1.54) is 6.08 Å². The van der Waals surface area contributed by atoms with Gasteiger partial charge in [0.05, 0.1) is 6.61 Å². The van der Waals surface area contributed by atoms with Crippen LogP contribution in [0.1, 0.15) is 19.8 Å². The van der Waals surface area contributed by atoms with Crippen molar-refractivity contribution < 1.29 is 23.8 Å². The number of hydrogen-bond acceptors (Lipinski definition) is 5. The monoisotopic (exact) mass is 362 g/mol. The molecule has 0 radical (unpaired) electrons. The second-order valence-electron chi connectivity index (χ2n) is 5.85. The fraction of sp³-hybridized carbons (Fsp3) is 0.474. The van der Waals surface area contributed by atoms with Crippen molar-refractivity contribution >= 4 is 12.0 Å². The van der Waals surface area contributed by atoms with Gasteiger partial charge in [-0.3, -0.25) is 4.79 Å². The zero-order chi connectivity index (χ0) is 18.8. The minimum absolute atomic E-state index is 0.0102. The number of benzene rings is 1. The summed E-state index contributed by atoms with van der Waals surface area (Å²) < 4.78 is 16.0. The molecule has 1 heterocycles. The Balaban J connectivity index is 1.75. The number of hydrogen-bond donors (Lipinski definition) is 1. The number of nitrogens with zero attached hydrogens (tertiary/aromatic N) is 1. The quantitative estimate of drug-likeness (QED) is 0.719. The minimum Gasteiger partial charge on any atom is -0.490 e. The van der Waals surface area contributed by atoms with Crippen LogP contribution in [0.25, 0.3) is 0 Å². The fourth-order valence-electron chi connectivity index (χ4n) is 2.69. The van der Waals surface area contributed by atoms with E-state index in [0.717, 1.165) is 0 Å². The molecule has 0 unspecified atom stereocenters. The summed E-state index contributed by atoms with van der Waals surface area (Å²) >= 11 is 0. The summed E-state index contributed by atoms with van der Waals surface area (Å²) in [5.74, 6) is 1.11. The van der Waals surface area contributed by atoms with Crippen molar-refractivity contribution in [3.63, 3.8) is 0 Å². The Kier molecular flexibility index (Phi) is 7.79. The van der Waals surface area contributed by atoms with Gasteiger partial charge in [-0.1, -0.05) is 24.8 Å². The van der Waals surface area contributed by atoms with Crippen LogP contribution in [0.5, 0.6) is 11.5 Å². The first-order chi connectivity index (χ1) is 12.6. The molecule has 7 heteroatoms. The van der Waals surface area contributed by atoms with Crippen molar-refractivity contribution in [2.45, 2.75) is 25.8 Å². The number of para-hydroxylation sites is 2. The Hall–Kier alpha value is -2.70. The Labute approximate surface area is 153 Å². The molecule has 0 bridgehead atoms. The van der Waals surface area contributed by atoms with Crippen LogP contribution in [-0.2, 0) is 9.53 Å². The van der Waals surface area contributed by atoms with Crippen molar-refractivity contribution in [2.24, 2.45) is 0 Å². The van der Waals surface area contributed by atoms with Crippen LogP contribution in [0.2, 0.25) is 0 Å². The molecular weight excluding hydrogens is 336 g/mol. The van der Waals surface area contributed by atoms with Crippen molar-refractivity contribution in [3.8, 4) is 11.5 Å². The summed E-state index contributed by atoms with van der Waals surface area (Å²) in [6.45, 7) is 7.21. The molecule has 1 N–H and O–H groups in total. The maximum Gasteiger partial charge on any atom is 0.407 e. The van der Waals surface area contributed by atoms with Crippen molar-refractivity contribution in [3.05, 3.63) is 36.9 Å². The number of piperidine rings is 1. The lowest BCUT2D eigenvalue weighted by Crippen LogP contribution is -2.47. The molecule has 2 amide bonds. The highest BCUT2D eigenvalue weighted by molar-refractivity contribution is 5.78. The number of alkyl carbamates (subject to hydrolysis) is 1. The summed E-state index contributed by atoms with van der Waals surface area (Å²) in [7, 11) is 0. The molecule has 0 saturated carbocycles. The molecule has 0 aromatic heterocycles. The smallest absolute Gasteiger partial charge is 0.407 e. The van der Waals surface area contributed by atoms with E-state index in [9.17, 15) is 9.59 Å². The van der Waals surface area contributed by atoms with Gasteiger partial charge in [0.2, 0.25) is 0 Å². The summed E-state index contributed by atoms with van der Waals surface area (Å²) in [5.41, 5.74) is 0. The van der Waals surface area contributed by atoms with Gasteiger partial charge in [-0.2, -0.15) is 0 Å². The van der Waals surface area contributed by atoms with E-state index >= 15 is 0 Å². The average Bonchev–Trinajstić information content (AvgIpc) is 2.66. The predicted molar refractivity (Wildman–Crippen MR) is 97.4 cm³/mol. The standard InChI is InChI=1S/C19H26N2O5/c1-3-13-25-19(23)20-15-9-11-21(12-10-15)18(22)14-26-17-8-6-5-7-16(17)24-4-2/h3,5-8,15H,1,4,9-14H2,2H3,(H,20,23). The first kappa shape index (κ1) is 19.6. The summed E-state index contributed by atoms with van der Waals surface area (Å²) in [5, 5.41) is 2.80. The van der Waals surface area contributed by atoms with Crippen molar-refractivity contribution in [1.82, 2.24) is 10.2 Å². The van der Waals surface area contributed by atoms with Crippen LogP contribution in [0.4, 0.5) is 4.79 Å². The van der Waals surface area contributed by atoms with Gasteiger partial charge in [0.1, 0.15) is 6.61 Å². The SMILES string of the molecule is C=CCOC(=O)NC1CCN(C(=O)COc2ccccc2OCC)CC1. The van der Waals surface area contributed by atoms with Gasteiger partial charge in [-0.05, 0) is 31.9 Å². The van der Waals surface area contributed by atoms with Crippen LogP contribution in [0.15, 0.2) is 36.9 Å². The highest BCUT2D eigenvalue weighted by atomic mass is 16.5. The summed E-state index contributed by atoms with van der Waals surface area (Å²) in [4.78, 5) is 25.6. The first-order valence-electron chi connectivity index (χ1n) is 8.80. The van der Waals surface area contributed by atoms with Gasteiger partial charge < -0.3 is 24.4 Å². The van der Waals surface area contributed by atoms with Crippen LogP contribution in [-0.4, -0.2) is 55.9 Å². The maximum atomic E-state index is 12.3. The maximum absolute atomic E-state index is 12.3. The summed E-state index contributed by atoms with van der Waals surface area (Å²) in [6.07, 6.45) is 2.44. The normalized spacial score (nSPS) is 14.4. The molecule has 0 spiro atoms. The van der Waals surface area contributed by atoms with Gasteiger partial charge in [0.25, 0.3) is 5.91 Å². The molecule has 0 aliphatic carbocycles. The van der Waals surface area contributed by atoms with Gasteiger partial charge in [-0.15, -0.1) is 0 Å². The van der Waals surface area contributed by atoms with Crippen LogP contribution in [0, 0.1) is 0 Å². The lowest BCUT2D eigenvalue weighted by Gasteiger charge is -2.32. The molecule has 1 aromatic carbocycles. The number of ether oxygens (including phenoxy) is 3. The van der Waals surface area contributed by atoms with E-state index in [1.54, 1.807) is 11.0 Å². The largest absolute Gasteiger partial charge is 0.490 e. The molecule has 1 aromatic rings. The topological polar surface area (TPSA) is 77.1 Å². The van der Waals surface area contributed by atoms with Gasteiger partial charge in [0.15, 0.2) is 18.1 Å². The van der Waals surface area contributed by atoms with Crippen molar-refractivity contribution in [1.29, 1.82) is 0 Å². The molecule has 7 nitrogen and oxygen atoms in total. The number of carbonyl (C=O) groups is 2. The molecule has 142 valence electrons. The fourth-order valence-corrected chi connectivity index (χ4v) is 2.69. The number of rotatable bonds is 8. The van der Waals surface area contributed by atoms with E-state index in [-0.39, 0.29) is 25.2 Å². The highest BCUT2D eigenvalue weighted by Crippen LogP contribution is 2.26. The molecule has 1 saturated heterocycles. The minimum atomic E-state index is -0.453. The third-order valence-corrected chi connectivity index (χ3v) is 4.00. The lowest BCUT2D eigenvalue weighted by molar-refractivity contribution is -0.134. The summed E-state index contributed by atoms with van der Waals surface area (Å²) in [6, 6.07) is 7.30. The molecule has 1 fully saturated rings. The van der Waals surface area contributed by atoms with E-state index in [4.69, 9.17) is 14.2 Å².